The molecule has 1 aliphatic rings. The molecule has 0 atom stereocenters. The van der Waals surface area contributed by atoms with E-state index in [4.69, 9.17) is 0 Å². The van der Waals surface area contributed by atoms with Gasteiger partial charge in [0.1, 0.15) is 17.3 Å². The third-order valence-electron chi connectivity index (χ3n) is 7.35. The molecule has 38 heavy (non-hydrogen) atoms. The van der Waals surface area contributed by atoms with Crippen LogP contribution in [0.3, 0.4) is 0 Å². The maximum absolute atomic E-state index is 14.8. The third kappa shape index (κ3) is 4.67. The lowest BCUT2D eigenvalue weighted by Gasteiger charge is -2.32. The van der Waals surface area contributed by atoms with E-state index < -0.39 is 17.6 Å². The highest BCUT2D eigenvalue weighted by Gasteiger charge is 2.27. The van der Waals surface area contributed by atoms with E-state index >= 15 is 0 Å². The van der Waals surface area contributed by atoms with E-state index in [0.717, 1.165) is 40.2 Å². The molecule has 0 amide bonds. The zero-order valence-corrected chi connectivity index (χ0v) is 21.5. The van der Waals surface area contributed by atoms with E-state index in [9.17, 15) is 18.4 Å². The Morgan fingerprint density at radius 1 is 1.13 bits per heavy atom. The van der Waals surface area contributed by atoms with Crippen molar-refractivity contribution in [3.05, 3.63) is 87.6 Å². The number of aryl methyl sites for hydroxylation is 1. The largest absolute Gasteiger partial charge is 0.465 e. The summed E-state index contributed by atoms with van der Waals surface area (Å²) in [6, 6.07) is 9.37. The lowest BCUT2D eigenvalue weighted by atomic mass is 9.88. The Bertz CT molecular complexity index is 1550. The van der Waals surface area contributed by atoms with Crippen LogP contribution in [-0.4, -0.2) is 52.2 Å². The van der Waals surface area contributed by atoms with Gasteiger partial charge in [-0.1, -0.05) is 0 Å². The standard InChI is InChI=1S/C28H29F2N5O3/c1-31-19-7-11-35(25(36)14-19)24-4-8-32-27-21(24)15-20(33(27)2)16-34-9-5-17(6-10-34)26-22(29)12-18(13-23(26)30)28(37)38-3/h4,7-8,11-15,17,31H,5-6,9-10,16H2,1-3H3. The lowest BCUT2D eigenvalue weighted by molar-refractivity contribution is 0.0599. The van der Waals surface area contributed by atoms with E-state index in [1.807, 2.05) is 29.8 Å². The monoisotopic (exact) mass is 521 g/mol. The normalized spacial score (nSPS) is 14.7. The Labute approximate surface area is 218 Å². The summed E-state index contributed by atoms with van der Waals surface area (Å²) >= 11 is 0. The number of anilines is 1. The molecule has 1 aliphatic heterocycles. The summed E-state index contributed by atoms with van der Waals surface area (Å²) in [6.07, 6.45) is 4.62. The number of carbonyl (C=O) groups is 1. The number of carbonyl (C=O) groups excluding carboxylic acids is 1. The molecule has 0 unspecified atom stereocenters. The van der Waals surface area contributed by atoms with Gasteiger partial charge < -0.3 is 14.6 Å². The maximum Gasteiger partial charge on any atom is 0.338 e. The van der Waals surface area contributed by atoms with Gasteiger partial charge in [-0.05, 0) is 62.2 Å². The number of halogens is 2. The van der Waals surface area contributed by atoms with E-state index in [-0.39, 0.29) is 22.6 Å². The number of nitrogens with one attached hydrogen (secondary N) is 1. The quantitative estimate of drug-likeness (QED) is 0.383. The van der Waals surface area contributed by atoms with Gasteiger partial charge in [0, 0.05) is 61.4 Å². The molecule has 0 radical (unpaired) electrons. The summed E-state index contributed by atoms with van der Waals surface area (Å²) in [6.45, 7) is 1.96. The van der Waals surface area contributed by atoms with Crippen LogP contribution in [0.2, 0.25) is 0 Å². The number of esters is 1. The highest BCUT2D eigenvalue weighted by Crippen LogP contribution is 2.33. The Kier molecular flexibility index (Phi) is 6.98. The summed E-state index contributed by atoms with van der Waals surface area (Å²) in [5.74, 6) is -2.47. The van der Waals surface area contributed by atoms with Gasteiger partial charge >= 0.3 is 5.97 Å². The van der Waals surface area contributed by atoms with Gasteiger partial charge in [-0.2, -0.15) is 0 Å². The SMILES string of the molecule is CNc1ccn(-c2ccnc3c2cc(CN2CCC(c4c(F)cc(C(=O)OC)cc4F)CC2)n3C)c(=O)c1. The molecule has 5 rings (SSSR count). The number of likely N-dealkylation sites (tertiary alicyclic amines) is 1. The van der Waals surface area contributed by atoms with Crippen molar-refractivity contribution in [3.8, 4) is 5.69 Å². The zero-order chi connectivity index (χ0) is 27.0. The Morgan fingerprint density at radius 3 is 2.47 bits per heavy atom. The number of hydrogen-bond donors (Lipinski definition) is 1. The first kappa shape index (κ1) is 25.6. The second-order valence-corrected chi connectivity index (χ2v) is 9.53. The highest BCUT2D eigenvalue weighted by atomic mass is 19.1. The highest BCUT2D eigenvalue weighted by molar-refractivity contribution is 5.89. The van der Waals surface area contributed by atoms with E-state index in [2.05, 4.69) is 19.9 Å². The molecule has 198 valence electrons. The predicted octanol–water partition coefficient (Wildman–Crippen LogP) is 4.21. The second kappa shape index (κ2) is 10.4. The van der Waals surface area contributed by atoms with Crippen LogP contribution >= 0.6 is 0 Å². The number of aromatic nitrogens is 3. The van der Waals surface area contributed by atoms with Crippen molar-refractivity contribution in [1.29, 1.82) is 0 Å². The van der Waals surface area contributed by atoms with Gasteiger partial charge in [0.2, 0.25) is 0 Å². The summed E-state index contributed by atoms with van der Waals surface area (Å²) in [5, 5.41) is 3.85. The first-order chi connectivity index (χ1) is 18.3. The van der Waals surface area contributed by atoms with Crippen LogP contribution in [0.1, 0.15) is 40.4 Å². The molecular weight excluding hydrogens is 492 g/mol. The molecule has 3 aromatic heterocycles. The summed E-state index contributed by atoms with van der Waals surface area (Å²) in [5.41, 5.74) is 3.05. The number of hydrogen-bond acceptors (Lipinski definition) is 6. The van der Waals surface area contributed by atoms with Gasteiger partial charge in [-0.15, -0.1) is 0 Å². The molecule has 8 nitrogen and oxygen atoms in total. The van der Waals surface area contributed by atoms with Crippen molar-refractivity contribution in [3.63, 3.8) is 0 Å². The number of piperidine rings is 1. The number of ether oxygens (including phenoxy) is 1. The predicted molar refractivity (Wildman–Crippen MR) is 141 cm³/mol. The van der Waals surface area contributed by atoms with Crippen molar-refractivity contribution >= 4 is 22.7 Å². The molecular formula is C28H29F2N5O3. The van der Waals surface area contributed by atoms with Crippen LogP contribution in [0, 0.1) is 11.6 Å². The molecule has 0 spiro atoms. The van der Waals surface area contributed by atoms with Crippen LogP contribution in [0.15, 0.2) is 53.6 Å². The first-order valence-corrected chi connectivity index (χ1v) is 12.4. The smallest absolute Gasteiger partial charge is 0.338 e. The second-order valence-electron chi connectivity index (χ2n) is 9.53. The summed E-state index contributed by atoms with van der Waals surface area (Å²) < 4.78 is 37.7. The van der Waals surface area contributed by atoms with E-state index in [1.165, 1.54) is 7.11 Å². The molecule has 1 fully saturated rings. The van der Waals surface area contributed by atoms with Gasteiger partial charge in [0.15, 0.2) is 0 Å². The third-order valence-corrected chi connectivity index (χ3v) is 7.35. The summed E-state index contributed by atoms with van der Waals surface area (Å²) in [4.78, 5) is 31.2. The number of methoxy groups -OCH3 is 1. The first-order valence-electron chi connectivity index (χ1n) is 12.4. The number of benzene rings is 1. The van der Waals surface area contributed by atoms with E-state index in [1.54, 1.807) is 30.1 Å². The minimum atomic E-state index is -0.767. The maximum atomic E-state index is 14.8. The van der Waals surface area contributed by atoms with Crippen molar-refractivity contribution in [1.82, 2.24) is 19.0 Å². The molecule has 1 saturated heterocycles. The average Bonchev–Trinajstić information content (AvgIpc) is 3.23. The topological polar surface area (TPSA) is 81.4 Å². The number of fused-ring (bicyclic) bond motifs is 1. The molecule has 0 aliphatic carbocycles. The van der Waals surface area contributed by atoms with Crippen molar-refractivity contribution in [2.45, 2.75) is 25.3 Å². The Balaban J connectivity index is 1.34. The van der Waals surface area contributed by atoms with Crippen molar-refractivity contribution in [2.75, 3.05) is 32.6 Å². The minimum absolute atomic E-state index is 0.0329. The van der Waals surface area contributed by atoms with Crippen LogP contribution in [0.25, 0.3) is 16.7 Å². The molecule has 4 heterocycles. The molecule has 10 heteroatoms. The van der Waals surface area contributed by atoms with Crippen LogP contribution in [0.5, 0.6) is 0 Å². The number of nitrogens with zero attached hydrogens (tertiary/aromatic N) is 4. The van der Waals surface area contributed by atoms with Crippen LogP contribution < -0.4 is 10.9 Å². The van der Waals surface area contributed by atoms with Crippen molar-refractivity contribution in [2.24, 2.45) is 7.05 Å². The van der Waals surface area contributed by atoms with Gasteiger partial charge in [0.25, 0.3) is 5.56 Å². The van der Waals surface area contributed by atoms with Gasteiger partial charge in [-0.3, -0.25) is 14.3 Å². The molecule has 1 aromatic carbocycles. The fourth-order valence-corrected chi connectivity index (χ4v) is 5.27. The zero-order valence-electron chi connectivity index (χ0n) is 21.5. The lowest BCUT2D eigenvalue weighted by Crippen LogP contribution is -2.33. The van der Waals surface area contributed by atoms with Gasteiger partial charge in [0.05, 0.1) is 18.4 Å². The fourth-order valence-electron chi connectivity index (χ4n) is 5.27. The summed E-state index contributed by atoms with van der Waals surface area (Å²) in [7, 11) is 4.89. The average molecular weight is 522 g/mol. The minimum Gasteiger partial charge on any atom is -0.465 e. The number of rotatable bonds is 6. The molecule has 0 bridgehead atoms. The van der Waals surface area contributed by atoms with E-state index in [0.29, 0.717) is 32.5 Å². The fraction of sp³-hybridized carbons (Fsp3) is 0.321. The van der Waals surface area contributed by atoms with Crippen molar-refractivity contribution < 1.29 is 18.3 Å². The Morgan fingerprint density at radius 2 is 1.84 bits per heavy atom. The number of pyridine rings is 2. The molecule has 4 aromatic rings. The molecule has 0 saturated carbocycles. The van der Waals surface area contributed by atoms with Crippen LogP contribution in [-0.2, 0) is 18.3 Å². The molecule has 1 N–H and O–H groups in total. The Hall–Kier alpha value is -4.05. The van der Waals surface area contributed by atoms with Gasteiger partial charge in [-0.25, -0.2) is 18.6 Å². The van der Waals surface area contributed by atoms with Crippen LogP contribution in [0.4, 0.5) is 14.5 Å².